The first kappa shape index (κ1) is 32.0. The monoisotopic (exact) mass is 450 g/mol. The Labute approximate surface area is 202 Å². The van der Waals surface area contributed by atoms with Crippen LogP contribution in [0.3, 0.4) is 0 Å². The first-order chi connectivity index (χ1) is 15.6. The zero-order chi connectivity index (χ0) is 25.8. The first-order valence-corrected chi connectivity index (χ1v) is 11.3. The standard InChI is InChI=1S/C13H19N.C9H11F.C6H7N.C2H6/c1-9(2)11(5)7-8-13(10(3)4)12(6)14;1-2-4-8-5-3-6-9(10)7-8;1-6-3-2-4-7-5-6;1-2/h7-8H,1,3,6,14H2,2,4-5H3;3,5-7H,2,4H2,1H3;2-5H,1H3;1-2H3/b11-7+,13-8-;;;. The smallest absolute Gasteiger partial charge is 0.123 e. The number of hydrogen-bond donors (Lipinski definition) is 1. The van der Waals surface area contributed by atoms with Gasteiger partial charge < -0.3 is 5.73 Å². The van der Waals surface area contributed by atoms with Crippen molar-refractivity contribution in [1.82, 2.24) is 4.98 Å². The van der Waals surface area contributed by atoms with Crippen molar-refractivity contribution in [3.05, 3.63) is 126 Å². The number of nitrogens with zero attached hydrogens (tertiary/aromatic N) is 1. The van der Waals surface area contributed by atoms with E-state index in [1.807, 2.05) is 78.1 Å². The second-order valence-electron chi connectivity index (χ2n) is 7.43. The molecule has 1 aromatic heterocycles. The molecule has 0 saturated heterocycles. The van der Waals surface area contributed by atoms with Crippen LogP contribution in [0.5, 0.6) is 0 Å². The highest BCUT2D eigenvalue weighted by atomic mass is 19.1. The molecule has 0 amide bonds. The Morgan fingerprint density at radius 3 is 2.00 bits per heavy atom. The van der Waals surface area contributed by atoms with Gasteiger partial charge in [0.25, 0.3) is 0 Å². The van der Waals surface area contributed by atoms with Gasteiger partial charge in [0.2, 0.25) is 0 Å². The zero-order valence-electron chi connectivity index (χ0n) is 21.7. The Bertz CT molecular complexity index is 890. The minimum Gasteiger partial charge on any atom is -0.399 e. The molecule has 2 nitrogen and oxygen atoms in total. The summed E-state index contributed by atoms with van der Waals surface area (Å²) in [6.45, 7) is 25.4. The fraction of sp³-hybridized carbons (Fsp3) is 0.300. The molecule has 0 aliphatic heterocycles. The quantitative estimate of drug-likeness (QED) is 0.447. The molecule has 2 aromatic rings. The van der Waals surface area contributed by atoms with Gasteiger partial charge in [-0.05, 0) is 80.2 Å². The maximum atomic E-state index is 12.5. The van der Waals surface area contributed by atoms with Crippen molar-refractivity contribution in [3.8, 4) is 0 Å². The van der Waals surface area contributed by atoms with Gasteiger partial charge in [-0.15, -0.1) is 0 Å². The molecule has 3 heteroatoms. The number of allylic oxidation sites excluding steroid dienone is 5. The van der Waals surface area contributed by atoms with E-state index in [0.717, 1.165) is 40.7 Å². The van der Waals surface area contributed by atoms with E-state index in [9.17, 15) is 4.39 Å². The summed E-state index contributed by atoms with van der Waals surface area (Å²) in [5, 5.41) is 0. The lowest BCUT2D eigenvalue weighted by Gasteiger charge is -2.04. The summed E-state index contributed by atoms with van der Waals surface area (Å²) < 4.78 is 12.5. The lowest BCUT2D eigenvalue weighted by molar-refractivity contribution is 0.625. The normalized spacial score (nSPS) is 10.3. The van der Waals surface area contributed by atoms with Crippen molar-refractivity contribution in [2.75, 3.05) is 0 Å². The van der Waals surface area contributed by atoms with Crippen LogP contribution in [0.2, 0.25) is 0 Å². The van der Waals surface area contributed by atoms with Crippen LogP contribution in [0.1, 0.15) is 59.1 Å². The van der Waals surface area contributed by atoms with Crippen LogP contribution in [0.4, 0.5) is 4.39 Å². The third kappa shape index (κ3) is 17.1. The third-order valence-electron chi connectivity index (χ3n) is 4.22. The molecule has 0 aliphatic carbocycles. The number of halogens is 1. The summed E-state index contributed by atoms with van der Waals surface area (Å²) in [7, 11) is 0. The summed E-state index contributed by atoms with van der Waals surface area (Å²) in [6, 6.07) is 10.7. The van der Waals surface area contributed by atoms with Crippen LogP contribution >= 0.6 is 0 Å². The van der Waals surface area contributed by atoms with Crippen LogP contribution in [-0.4, -0.2) is 4.98 Å². The molecule has 2 rings (SSSR count). The van der Waals surface area contributed by atoms with Gasteiger partial charge >= 0.3 is 0 Å². The molecular weight excluding hydrogens is 407 g/mol. The molecule has 33 heavy (non-hydrogen) atoms. The second-order valence-corrected chi connectivity index (χ2v) is 7.43. The third-order valence-corrected chi connectivity index (χ3v) is 4.22. The van der Waals surface area contributed by atoms with Crippen LogP contribution in [0, 0.1) is 12.7 Å². The average molecular weight is 451 g/mol. The highest BCUT2D eigenvalue weighted by Gasteiger charge is 1.98. The molecule has 0 unspecified atom stereocenters. The molecule has 180 valence electrons. The van der Waals surface area contributed by atoms with Crippen molar-refractivity contribution in [2.45, 2.75) is 61.3 Å². The van der Waals surface area contributed by atoms with Gasteiger partial charge in [0.1, 0.15) is 5.82 Å². The fourth-order valence-corrected chi connectivity index (χ4v) is 2.30. The van der Waals surface area contributed by atoms with E-state index < -0.39 is 0 Å². The van der Waals surface area contributed by atoms with Crippen molar-refractivity contribution in [1.29, 1.82) is 0 Å². The number of pyridine rings is 1. The number of aromatic nitrogens is 1. The van der Waals surface area contributed by atoms with Crippen LogP contribution in [-0.2, 0) is 6.42 Å². The number of aryl methyl sites for hydroxylation is 2. The lowest BCUT2D eigenvalue weighted by atomic mass is 10.0. The largest absolute Gasteiger partial charge is 0.399 e. The maximum absolute atomic E-state index is 12.5. The number of hydrogen-bond acceptors (Lipinski definition) is 2. The Hall–Kier alpha value is -3.20. The minimum absolute atomic E-state index is 0.133. The summed E-state index contributed by atoms with van der Waals surface area (Å²) in [5.74, 6) is -0.133. The molecule has 0 saturated carbocycles. The number of benzene rings is 1. The van der Waals surface area contributed by atoms with E-state index in [1.165, 1.54) is 11.6 Å². The second kappa shape index (κ2) is 19.5. The molecule has 0 aliphatic rings. The van der Waals surface area contributed by atoms with Gasteiger partial charge in [0.15, 0.2) is 0 Å². The van der Waals surface area contributed by atoms with E-state index in [0.29, 0.717) is 5.70 Å². The van der Waals surface area contributed by atoms with Crippen molar-refractivity contribution >= 4 is 0 Å². The van der Waals surface area contributed by atoms with E-state index in [-0.39, 0.29) is 5.82 Å². The fourth-order valence-electron chi connectivity index (χ4n) is 2.30. The molecule has 0 radical (unpaired) electrons. The number of nitrogens with two attached hydrogens (primary N) is 1. The molecule has 2 N–H and O–H groups in total. The van der Waals surface area contributed by atoms with Gasteiger partial charge in [-0.25, -0.2) is 4.39 Å². The molecule has 0 atom stereocenters. The molecule has 1 aromatic carbocycles. The summed E-state index contributed by atoms with van der Waals surface area (Å²) >= 11 is 0. The highest BCUT2D eigenvalue weighted by molar-refractivity contribution is 5.44. The Morgan fingerprint density at radius 1 is 1.00 bits per heavy atom. The zero-order valence-corrected chi connectivity index (χ0v) is 21.7. The highest BCUT2D eigenvalue weighted by Crippen LogP contribution is 2.14. The van der Waals surface area contributed by atoms with Crippen LogP contribution in [0.25, 0.3) is 0 Å². The summed E-state index contributed by atoms with van der Waals surface area (Å²) in [4.78, 5) is 3.88. The van der Waals surface area contributed by atoms with E-state index in [1.54, 1.807) is 18.3 Å². The summed E-state index contributed by atoms with van der Waals surface area (Å²) in [5.41, 5.74) is 12.5. The minimum atomic E-state index is -0.133. The van der Waals surface area contributed by atoms with Gasteiger partial charge in [-0.1, -0.05) is 82.9 Å². The van der Waals surface area contributed by atoms with E-state index in [2.05, 4.69) is 31.6 Å². The van der Waals surface area contributed by atoms with E-state index in [4.69, 9.17) is 5.73 Å². The number of rotatable bonds is 6. The van der Waals surface area contributed by atoms with Crippen molar-refractivity contribution in [2.24, 2.45) is 5.73 Å². The van der Waals surface area contributed by atoms with Gasteiger partial charge in [-0.2, -0.15) is 0 Å². The molecule has 0 fully saturated rings. The SMILES string of the molecule is C=C(C)/C(=C/C=C(\C)C(=C)C)C(=C)N.CC.CCCc1cccc(F)c1.Cc1cccnc1. The maximum Gasteiger partial charge on any atom is 0.123 e. The first-order valence-electron chi connectivity index (χ1n) is 11.3. The van der Waals surface area contributed by atoms with Gasteiger partial charge in [-0.3, -0.25) is 4.98 Å². The molecule has 0 bridgehead atoms. The lowest BCUT2D eigenvalue weighted by Crippen LogP contribution is -1.99. The van der Waals surface area contributed by atoms with Crippen LogP contribution in [0.15, 0.2) is 109 Å². The average Bonchev–Trinajstić information content (AvgIpc) is 2.76. The van der Waals surface area contributed by atoms with Crippen molar-refractivity contribution < 1.29 is 4.39 Å². The Balaban J connectivity index is 0. The molecular formula is C30H43FN2. The van der Waals surface area contributed by atoms with Crippen LogP contribution < -0.4 is 5.73 Å². The Morgan fingerprint density at radius 2 is 1.64 bits per heavy atom. The Kier molecular flexibility index (Phi) is 18.9. The molecule has 0 spiro atoms. The molecule has 1 heterocycles. The van der Waals surface area contributed by atoms with E-state index >= 15 is 0 Å². The predicted molar refractivity (Wildman–Crippen MR) is 146 cm³/mol. The topological polar surface area (TPSA) is 38.9 Å². The summed E-state index contributed by atoms with van der Waals surface area (Å²) in [6.07, 6.45) is 9.55. The van der Waals surface area contributed by atoms with Crippen molar-refractivity contribution in [3.63, 3.8) is 0 Å². The van der Waals surface area contributed by atoms with Gasteiger partial charge in [0.05, 0.1) is 0 Å². The predicted octanol–water partition coefficient (Wildman–Crippen LogP) is 8.68. The van der Waals surface area contributed by atoms with Gasteiger partial charge in [0, 0.05) is 18.1 Å².